The van der Waals surface area contributed by atoms with Gasteiger partial charge in [-0.15, -0.1) is 0 Å². The first-order chi connectivity index (χ1) is 30.1. The number of rotatable bonds is 11. The van der Waals surface area contributed by atoms with E-state index in [0.717, 1.165) is 29.0 Å². The molecule has 0 aliphatic heterocycles. The van der Waals surface area contributed by atoms with Crippen LogP contribution in [0, 0.1) is 0 Å². The van der Waals surface area contributed by atoms with E-state index in [2.05, 4.69) is 259 Å². The summed E-state index contributed by atoms with van der Waals surface area (Å²) >= 11 is 0. The fourth-order valence-electron chi connectivity index (χ4n) is 9.68. The molecule has 1 nitrogen and oxygen atoms in total. The zero-order chi connectivity index (χ0) is 42.8. The molecular formula is C61H55N. The molecule has 62 heavy (non-hydrogen) atoms. The summed E-state index contributed by atoms with van der Waals surface area (Å²) in [6, 6.07) is 59.9. The smallest absolute Gasteiger partial charge is 0.0465 e. The molecule has 0 atom stereocenters. The van der Waals surface area contributed by atoms with E-state index in [0.29, 0.717) is 0 Å². The van der Waals surface area contributed by atoms with Crippen LogP contribution < -0.4 is 4.90 Å². The first kappa shape index (κ1) is 40.4. The minimum absolute atomic E-state index is 0.0165. The van der Waals surface area contributed by atoms with Crippen LogP contribution in [0.25, 0.3) is 53.2 Å². The van der Waals surface area contributed by atoms with Gasteiger partial charge >= 0.3 is 0 Å². The number of hydrogen-bond acceptors (Lipinski definition) is 1. The van der Waals surface area contributed by atoms with Crippen LogP contribution in [0.3, 0.4) is 0 Å². The van der Waals surface area contributed by atoms with Crippen LogP contribution in [0.4, 0.5) is 17.1 Å². The first-order valence-corrected chi connectivity index (χ1v) is 22.1. The molecule has 304 valence electrons. The van der Waals surface area contributed by atoms with E-state index in [1.807, 2.05) is 0 Å². The lowest BCUT2D eigenvalue weighted by molar-refractivity contribution is 0.617. The summed E-state index contributed by atoms with van der Waals surface area (Å²) in [5, 5.41) is 0. The number of hydrogen-bond donors (Lipinski definition) is 0. The summed E-state index contributed by atoms with van der Waals surface area (Å²) in [6.07, 6.45) is 18.8. The highest BCUT2D eigenvalue weighted by atomic mass is 15.1. The lowest BCUT2D eigenvalue weighted by atomic mass is 9.79. The van der Waals surface area contributed by atoms with Gasteiger partial charge in [0, 0.05) is 27.9 Å². The van der Waals surface area contributed by atoms with Gasteiger partial charge in [0.15, 0.2) is 0 Å². The minimum Gasteiger partial charge on any atom is -0.310 e. The molecular weight excluding hydrogens is 747 g/mol. The lowest BCUT2D eigenvalue weighted by Crippen LogP contribution is -2.17. The average molecular weight is 802 g/mol. The Hall–Kier alpha value is -6.96. The second-order valence-electron chi connectivity index (χ2n) is 17.7. The standard InChI is InChI=1S/C61H55N/c1-7-15-52-53-37-30-48(40-57(53)60(3,4)56(52)8-2)25-23-46-28-34-50(35-29-46)62(49-32-26-45(27-33-49)21-20-43-16-11-9-12-17-43)51-36-39-55-54-38-31-47(24-22-44-18-13-10-14-19-44)41-58(54)61(5,6)59(55)42-51/h7,9-42H,8H2,1-6H3/b15-7-,21-20+,24-22+,25-23+. The molecule has 2 aliphatic rings. The quantitative estimate of drug-likeness (QED) is 0.118. The van der Waals surface area contributed by atoms with Crippen LogP contribution >= 0.6 is 0 Å². The molecule has 2 aliphatic carbocycles. The van der Waals surface area contributed by atoms with Crippen LogP contribution in [0.5, 0.6) is 0 Å². The third-order valence-electron chi connectivity index (χ3n) is 13.0. The molecule has 9 rings (SSSR count). The topological polar surface area (TPSA) is 3.24 Å². The van der Waals surface area contributed by atoms with Crippen LogP contribution in [0.2, 0.25) is 0 Å². The van der Waals surface area contributed by atoms with Crippen LogP contribution in [0.1, 0.15) is 104 Å². The molecule has 0 saturated carbocycles. The third-order valence-corrected chi connectivity index (χ3v) is 13.0. The zero-order valence-electron chi connectivity index (χ0n) is 36.9. The molecule has 0 fully saturated rings. The highest BCUT2D eigenvalue weighted by molar-refractivity contribution is 5.89. The molecule has 0 N–H and O–H groups in total. The van der Waals surface area contributed by atoms with Gasteiger partial charge in [-0.05, 0) is 122 Å². The second-order valence-corrected chi connectivity index (χ2v) is 17.7. The Morgan fingerprint density at radius 1 is 0.387 bits per heavy atom. The molecule has 0 unspecified atom stereocenters. The average Bonchev–Trinajstić information content (AvgIpc) is 3.66. The summed E-state index contributed by atoms with van der Waals surface area (Å²) in [7, 11) is 0. The van der Waals surface area contributed by atoms with Crippen molar-refractivity contribution in [3.63, 3.8) is 0 Å². The fraction of sp³-hybridized carbons (Fsp3) is 0.148. The van der Waals surface area contributed by atoms with Crippen molar-refractivity contribution in [2.24, 2.45) is 0 Å². The van der Waals surface area contributed by atoms with Crippen molar-refractivity contribution >= 4 is 59.1 Å². The predicted molar refractivity (Wildman–Crippen MR) is 270 cm³/mol. The Morgan fingerprint density at radius 3 is 1.26 bits per heavy atom. The Balaban J connectivity index is 1.03. The van der Waals surface area contributed by atoms with Crippen molar-refractivity contribution in [2.45, 2.75) is 58.8 Å². The Labute approximate surface area is 369 Å². The number of nitrogens with zero attached hydrogens (tertiary/aromatic N) is 1. The van der Waals surface area contributed by atoms with Gasteiger partial charge in [-0.3, -0.25) is 0 Å². The number of benzene rings is 7. The maximum atomic E-state index is 2.42. The Kier molecular flexibility index (Phi) is 11.0. The van der Waals surface area contributed by atoms with Crippen LogP contribution in [-0.2, 0) is 10.8 Å². The normalized spacial score (nSPS) is 14.9. The Bertz CT molecular complexity index is 2900. The van der Waals surface area contributed by atoms with Crippen molar-refractivity contribution in [2.75, 3.05) is 4.90 Å². The van der Waals surface area contributed by atoms with Gasteiger partial charge in [-0.2, -0.15) is 0 Å². The predicted octanol–water partition coefficient (Wildman–Crippen LogP) is 17.0. The van der Waals surface area contributed by atoms with Crippen molar-refractivity contribution in [1.82, 2.24) is 0 Å². The lowest BCUT2D eigenvalue weighted by Gasteiger charge is -2.28. The van der Waals surface area contributed by atoms with Crippen molar-refractivity contribution in [3.8, 4) is 11.1 Å². The summed E-state index contributed by atoms with van der Waals surface area (Å²) in [5.41, 5.74) is 21.4. The third kappa shape index (κ3) is 7.76. The van der Waals surface area contributed by atoms with Gasteiger partial charge < -0.3 is 4.90 Å². The van der Waals surface area contributed by atoms with E-state index in [1.165, 1.54) is 72.3 Å². The molecule has 1 heteroatoms. The van der Waals surface area contributed by atoms with Crippen molar-refractivity contribution < 1.29 is 0 Å². The van der Waals surface area contributed by atoms with Gasteiger partial charge in [0.05, 0.1) is 0 Å². The van der Waals surface area contributed by atoms with Crippen LogP contribution in [0.15, 0.2) is 182 Å². The summed E-state index contributed by atoms with van der Waals surface area (Å²) in [4.78, 5) is 2.40. The van der Waals surface area contributed by atoms with E-state index in [1.54, 1.807) is 0 Å². The van der Waals surface area contributed by atoms with Gasteiger partial charge in [0.1, 0.15) is 0 Å². The van der Waals surface area contributed by atoms with E-state index >= 15 is 0 Å². The van der Waals surface area contributed by atoms with Crippen molar-refractivity contribution in [3.05, 3.63) is 237 Å². The van der Waals surface area contributed by atoms with E-state index < -0.39 is 0 Å². The fourth-order valence-corrected chi connectivity index (χ4v) is 9.68. The maximum absolute atomic E-state index is 2.42. The molecule has 0 heterocycles. The zero-order valence-corrected chi connectivity index (χ0v) is 36.9. The van der Waals surface area contributed by atoms with Gasteiger partial charge in [0.2, 0.25) is 0 Å². The minimum atomic E-state index is -0.168. The summed E-state index contributed by atoms with van der Waals surface area (Å²) in [5.74, 6) is 0. The van der Waals surface area contributed by atoms with E-state index in [4.69, 9.17) is 0 Å². The maximum Gasteiger partial charge on any atom is 0.0465 e. The molecule has 0 amide bonds. The number of fused-ring (bicyclic) bond motifs is 4. The highest BCUT2D eigenvalue weighted by Crippen LogP contribution is 2.51. The van der Waals surface area contributed by atoms with Gasteiger partial charge in [-0.25, -0.2) is 0 Å². The molecule has 7 aromatic rings. The summed E-state index contributed by atoms with van der Waals surface area (Å²) < 4.78 is 0. The first-order valence-electron chi connectivity index (χ1n) is 22.1. The van der Waals surface area contributed by atoms with Crippen molar-refractivity contribution in [1.29, 1.82) is 0 Å². The SMILES string of the molecule is C/C=C\C1=C(CC)C(C)(C)c2cc(/C=C/c3ccc(N(c4ccc(/C=C/c5ccccc5)cc4)c4ccc5c(c4)C(C)(C)c4cc(/C=C/c6ccccc6)ccc4-5)cc3)ccc21. The number of anilines is 3. The summed E-state index contributed by atoms with van der Waals surface area (Å²) in [6.45, 7) is 13.9. The molecule has 0 spiro atoms. The molecule has 0 aromatic heterocycles. The Morgan fingerprint density at radius 2 is 0.774 bits per heavy atom. The van der Waals surface area contributed by atoms with Crippen LogP contribution in [-0.4, -0.2) is 0 Å². The highest BCUT2D eigenvalue weighted by Gasteiger charge is 2.37. The number of allylic oxidation sites excluding steroid dienone is 4. The largest absolute Gasteiger partial charge is 0.310 e. The second kappa shape index (κ2) is 16.8. The molecule has 0 radical (unpaired) electrons. The molecule has 7 aromatic carbocycles. The van der Waals surface area contributed by atoms with Gasteiger partial charge in [0.25, 0.3) is 0 Å². The van der Waals surface area contributed by atoms with E-state index in [-0.39, 0.29) is 10.8 Å². The van der Waals surface area contributed by atoms with Gasteiger partial charge in [-0.1, -0.05) is 216 Å². The monoisotopic (exact) mass is 801 g/mol. The molecule has 0 saturated heterocycles. The molecule has 0 bridgehead atoms. The van der Waals surface area contributed by atoms with E-state index in [9.17, 15) is 0 Å².